The maximum Gasteiger partial charge on any atom is 0.133 e. The molecule has 1 aromatic heterocycles. The molecule has 20 heavy (non-hydrogen) atoms. The van der Waals surface area contributed by atoms with Crippen molar-refractivity contribution in [3.8, 4) is 22.8 Å². The molecule has 4 nitrogen and oxygen atoms in total. The van der Waals surface area contributed by atoms with Gasteiger partial charge >= 0.3 is 0 Å². The molecule has 0 aliphatic heterocycles. The van der Waals surface area contributed by atoms with Crippen molar-refractivity contribution in [3.05, 3.63) is 34.7 Å². The molecular weight excluding hydrogens is 272 g/mol. The summed E-state index contributed by atoms with van der Waals surface area (Å²) in [7, 11) is 3.28. The molecule has 0 aliphatic carbocycles. The Hall–Kier alpha value is -1.88. The largest absolute Gasteiger partial charge is 0.497 e. The number of H-pyrrole nitrogens is 1. The smallest absolute Gasteiger partial charge is 0.133 e. The monoisotopic (exact) mass is 290 g/mol. The van der Waals surface area contributed by atoms with Crippen LogP contribution >= 0.6 is 12.2 Å². The molecule has 0 saturated carbocycles. The summed E-state index contributed by atoms with van der Waals surface area (Å²) in [5.74, 6) is 1.50. The predicted octanol–water partition coefficient (Wildman–Crippen LogP) is 3.78. The first-order valence-corrected chi connectivity index (χ1v) is 6.90. The molecular formula is C15H18N2O2S. The van der Waals surface area contributed by atoms with E-state index in [1.165, 1.54) is 0 Å². The number of methoxy groups -OCH3 is 2. The molecule has 1 heterocycles. The Morgan fingerprint density at radius 3 is 2.35 bits per heavy atom. The van der Waals surface area contributed by atoms with E-state index in [9.17, 15) is 0 Å². The van der Waals surface area contributed by atoms with Crippen LogP contribution in [0.5, 0.6) is 11.5 Å². The maximum atomic E-state index is 5.33. The van der Waals surface area contributed by atoms with Gasteiger partial charge in [0.2, 0.25) is 0 Å². The number of rotatable bonds is 5. The van der Waals surface area contributed by atoms with Crippen LogP contribution in [-0.4, -0.2) is 24.2 Å². The van der Waals surface area contributed by atoms with Gasteiger partial charge in [0.1, 0.15) is 16.1 Å². The van der Waals surface area contributed by atoms with E-state index in [1.54, 1.807) is 20.5 Å². The third kappa shape index (κ3) is 2.99. The normalized spacial score (nSPS) is 10.3. The molecule has 0 bridgehead atoms. The summed E-state index contributed by atoms with van der Waals surface area (Å²) in [6.45, 7) is 2.12. The van der Waals surface area contributed by atoms with Crippen molar-refractivity contribution in [2.24, 2.45) is 0 Å². The van der Waals surface area contributed by atoms with Gasteiger partial charge < -0.3 is 14.5 Å². The Kier molecular flexibility index (Phi) is 4.74. The molecule has 0 unspecified atom stereocenters. The van der Waals surface area contributed by atoms with Crippen LogP contribution in [0.25, 0.3) is 11.3 Å². The second-order valence-corrected chi connectivity index (χ2v) is 4.80. The van der Waals surface area contributed by atoms with Gasteiger partial charge in [-0.2, -0.15) is 0 Å². The quantitative estimate of drug-likeness (QED) is 0.851. The van der Waals surface area contributed by atoms with Gasteiger partial charge in [-0.1, -0.05) is 25.6 Å². The SMILES string of the molecule is CCCc1c(-c2cc(OC)cc(OC)c2)[nH]cnc1=S. The third-order valence-electron chi connectivity index (χ3n) is 3.09. The van der Waals surface area contributed by atoms with Gasteiger partial charge in [0.25, 0.3) is 0 Å². The zero-order valence-electron chi connectivity index (χ0n) is 11.9. The minimum atomic E-state index is 0.641. The molecule has 1 aromatic carbocycles. The first-order chi connectivity index (χ1) is 9.69. The lowest BCUT2D eigenvalue weighted by Gasteiger charge is -2.12. The fraction of sp³-hybridized carbons (Fsp3) is 0.333. The molecule has 2 aromatic rings. The molecule has 0 amide bonds. The highest BCUT2D eigenvalue weighted by Crippen LogP contribution is 2.30. The summed E-state index contributed by atoms with van der Waals surface area (Å²) in [6, 6.07) is 5.77. The number of aromatic nitrogens is 2. The fourth-order valence-corrected chi connectivity index (χ4v) is 2.38. The highest BCUT2D eigenvalue weighted by atomic mass is 32.1. The molecule has 0 saturated heterocycles. The molecule has 0 aliphatic rings. The molecule has 0 spiro atoms. The minimum absolute atomic E-state index is 0.641. The number of aromatic amines is 1. The van der Waals surface area contributed by atoms with Crippen LogP contribution in [0.4, 0.5) is 0 Å². The van der Waals surface area contributed by atoms with E-state index in [4.69, 9.17) is 21.7 Å². The maximum absolute atomic E-state index is 5.33. The fourth-order valence-electron chi connectivity index (χ4n) is 2.12. The van der Waals surface area contributed by atoms with Crippen LogP contribution in [0.1, 0.15) is 18.9 Å². The topological polar surface area (TPSA) is 47.1 Å². The van der Waals surface area contributed by atoms with Gasteiger partial charge in [-0.15, -0.1) is 0 Å². The Bertz CT molecular complexity index is 630. The van der Waals surface area contributed by atoms with Crippen molar-refractivity contribution in [1.29, 1.82) is 0 Å². The van der Waals surface area contributed by atoms with E-state index in [1.807, 2.05) is 18.2 Å². The van der Waals surface area contributed by atoms with Crippen LogP contribution in [0.2, 0.25) is 0 Å². The first kappa shape index (κ1) is 14.5. The van der Waals surface area contributed by atoms with Gasteiger partial charge in [-0.3, -0.25) is 0 Å². The van der Waals surface area contributed by atoms with Crippen LogP contribution in [0.3, 0.4) is 0 Å². The van der Waals surface area contributed by atoms with Gasteiger partial charge in [0, 0.05) is 17.2 Å². The summed E-state index contributed by atoms with van der Waals surface area (Å²) in [5.41, 5.74) is 3.02. The van der Waals surface area contributed by atoms with E-state index in [-0.39, 0.29) is 0 Å². The number of benzene rings is 1. The summed E-state index contributed by atoms with van der Waals surface area (Å²) < 4.78 is 11.3. The molecule has 5 heteroatoms. The summed E-state index contributed by atoms with van der Waals surface area (Å²) in [4.78, 5) is 7.36. The van der Waals surface area contributed by atoms with E-state index < -0.39 is 0 Å². The molecule has 2 rings (SSSR count). The highest BCUT2D eigenvalue weighted by Gasteiger charge is 2.10. The lowest BCUT2D eigenvalue weighted by molar-refractivity contribution is 0.394. The number of nitrogens with zero attached hydrogens (tertiary/aromatic N) is 1. The first-order valence-electron chi connectivity index (χ1n) is 6.49. The van der Waals surface area contributed by atoms with Crippen molar-refractivity contribution in [1.82, 2.24) is 9.97 Å². The number of hydrogen-bond donors (Lipinski definition) is 1. The Labute approximate surface area is 123 Å². The Morgan fingerprint density at radius 2 is 1.80 bits per heavy atom. The molecule has 0 radical (unpaired) electrons. The summed E-state index contributed by atoms with van der Waals surface area (Å²) in [5, 5.41) is 0. The zero-order valence-corrected chi connectivity index (χ0v) is 12.7. The van der Waals surface area contributed by atoms with Gasteiger partial charge in [0.15, 0.2) is 0 Å². The predicted molar refractivity (Wildman–Crippen MR) is 82.0 cm³/mol. The van der Waals surface area contributed by atoms with Crippen LogP contribution in [0.15, 0.2) is 24.5 Å². The van der Waals surface area contributed by atoms with Crippen LogP contribution in [0, 0.1) is 4.64 Å². The Morgan fingerprint density at radius 1 is 1.15 bits per heavy atom. The standard InChI is InChI=1S/C15H18N2O2S/c1-4-5-13-14(16-9-17-15(13)20)10-6-11(18-2)8-12(7-10)19-3/h6-9H,4-5H2,1-3H3,(H,16,17,20). The second-order valence-electron chi connectivity index (χ2n) is 4.41. The number of nitrogens with one attached hydrogen (secondary N) is 1. The Balaban J connectivity index is 2.61. The van der Waals surface area contributed by atoms with E-state index in [2.05, 4.69) is 16.9 Å². The molecule has 0 atom stereocenters. The second kappa shape index (κ2) is 6.52. The average Bonchev–Trinajstić information content (AvgIpc) is 2.48. The van der Waals surface area contributed by atoms with Crippen molar-refractivity contribution >= 4 is 12.2 Å². The number of ether oxygens (including phenoxy) is 2. The van der Waals surface area contributed by atoms with Crippen molar-refractivity contribution in [3.63, 3.8) is 0 Å². The summed E-state index contributed by atoms with van der Waals surface area (Å²) >= 11 is 5.33. The highest BCUT2D eigenvalue weighted by molar-refractivity contribution is 7.71. The number of hydrogen-bond acceptors (Lipinski definition) is 4. The van der Waals surface area contributed by atoms with Crippen molar-refractivity contribution in [2.45, 2.75) is 19.8 Å². The zero-order chi connectivity index (χ0) is 14.5. The van der Waals surface area contributed by atoms with E-state index in [0.29, 0.717) is 4.64 Å². The van der Waals surface area contributed by atoms with Gasteiger partial charge in [-0.05, 0) is 18.6 Å². The van der Waals surface area contributed by atoms with Crippen molar-refractivity contribution < 1.29 is 9.47 Å². The van der Waals surface area contributed by atoms with Gasteiger partial charge in [-0.25, -0.2) is 4.98 Å². The van der Waals surface area contributed by atoms with E-state index in [0.717, 1.165) is 41.2 Å². The van der Waals surface area contributed by atoms with Gasteiger partial charge in [0.05, 0.1) is 26.2 Å². The molecule has 0 fully saturated rings. The van der Waals surface area contributed by atoms with Crippen LogP contribution < -0.4 is 9.47 Å². The lowest BCUT2D eigenvalue weighted by atomic mass is 10.0. The van der Waals surface area contributed by atoms with Crippen molar-refractivity contribution in [2.75, 3.05) is 14.2 Å². The lowest BCUT2D eigenvalue weighted by Crippen LogP contribution is -1.97. The van der Waals surface area contributed by atoms with Crippen LogP contribution in [-0.2, 0) is 6.42 Å². The minimum Gasteiger partial charge on any atom is -0.497 e. The average molecular weight is 290 g/mol. The third-order valence-corrected chi connectivity index (χ3v) is 3.44. The summed E-state index contributed by atoms with van der Waals surface area (Å²) in [6.07, 6.45) is 3.53. The van der Waals surface area contributed by atoms with E-state index >= 15 is 0 Å². The molecule has 1 N–H and O–H groups in total. The molecule has 106 valence electrons.